The summed E-state index contributed by atoms with van der Waals surface area (Å²) < 4.78 is 61.1. The largest absolute Gasteiger partial charge is 0.379 e. The van der Waals surface area contributed by atoms with E-state index >= 15 is 0 Å². The molecule has 79 heavy (non-hydrogen) atoms. The first-order chi connectivity index (χ1) is 39.0. The second-order valence-corrected chi connectivity index (χ2v) is 21.7. The van der Waals surface area contributed by atoms with Crippen LogP contribution in [0.4, 0.5) is 4.79 Å². The van der Waals surface area contributed by atoms with Crippen molar-refractivity contribution in [2.24, 2.45) is 5.92 Å². The van der Waals surface area contributed by atoms with Crippen LogP contribution in [0.5, 0.6) is 0 Å². The first-order valence-electron chi connectivity index (χ1n) is 29.5. The van der Waals surface area contributed by atoms with Gasteiger partial charge in [0, 0.05) is 48.8 Å². The summed E-state index contributed by atoms with van der Waals surface area (Å²) in [5.41, 5.74) is 4.97. The number of carbonyl (C=O) groups is 3. The van der Waals surface area contributed by atoms with E-state index in [4.69, 9.17) is 52.1 Å². The van der Waals surface area contributed by atoms with Gasteiger partial charge in [0.05, 0.1) is 157 Å². The zero-order valence-electron chi connectivity index (χ0n) is 47.1. The Morgan fingerprint density at radius 2 is 1.11 bits per heavy atom. The van der Waals surface area contributed by atoms with E-state index < -0.39 is 0 Å². The average Bonchev–Trinajstić information content (AvgIpc) is 4.19. The number of carbonyl (C=O) groups excluding carboxylic acids is 3. The highest BCUT2D eigenvalue weighted by Crippen LogP contribution is 2.41. The lowest BCUT2D eigenvalue weighted by molar-refractivity contribution is -0.121. The molecule has 2 aromatic carbocycles. The predicted molar refractivity (Wildman–Crippen MR) is 305 cm³/mol. The molecule has 5 N–H and O–H groups in total. The van der Waals surface area contributed by atoms with Gasteiger partial charge in [-0.05, 0) is 86.3 Å². The molecule has 0 bridgehead atoms. The van der Waals surface area contributed by atoms with Crippen LogP contribution >= 0.6 is 11.8 Å². The second-order valence-electron chi connectivity index (χ2n) is 20.5. The van der Waals surface area contributed by atoms with E-state index in [1.165, 1.54) is 36.0 Å². The van der Waals surface area contributed by atoms with Gasteiger partial charge < -0.3 is 78.7 Å². The van der Waals surface area contributed by atoms with Crippen LogP contribution < -0.4 is 26.6 Å². The Balaban J connectivity index is 0.580. The summed E-state index contributed by atoms with van der Waals surface area (Å²) in [6.45, 7) is 14.3. The van der Waals surface area contributed by atoms with Crippen molar-refractivity contribution < 1.29 is 66.5 Å². The van der Waals surface area contributed by atoms with Crippen LogP contribution in [0.15, 0.2) is 48.5 Å². The fourth-order valence-electron chi connectivity index (χ4n) is 9.73. The summed E-state index contributed by atoms with van der Waals surface area (Å²) in [4.78, 5) is 36.2. The molecule has 6 rings (SSSR count). The lowest BCUT2D eigenvalue weighted by atomic mass is 9.98. The van der Waals surface area contributed by atoms with Gasteiger partial charge in [0.2, 0.25) is 5.91 Å². The molecular weight excluding hydrogens is 1030 g/mol. The first kappa shape index (κ1) is 64.8. The molecule has 19 nitrogen and oxygen atoms in total. The number of ketones is 1. The topological polar surface area (TPSA) is 213 Å². The molecule has 3 aliphatic heterocycles. The van der Waals surface area contributed by atoms with Crippen molar-refractivity contribution in [3.05, 3.63) is 59.7 Å². The van der Waals surface area contributed by atoms with E-state index in [0.717, 1.165) is 62.6 Å². The Kier molecular flexibility index (Phi) is 34.2. The van der Waals surface area contributed by atoms with Gasteiger partial charge in [-0.3, -0.25) is 9.59 Å². The van der Waals surface area contributed by atoms with Crippen molar-refractivity contribution in [2.45, 2.75) is 99.9 Å². The average molecular weight is 1130 g/mol. The van der Waals surface area contributed by atoms with Crippen molar-refractivity contribution in [3.63, 3.8) is 0 Å². The van der Waals surface area contributed by atoms with Gasteiger partial charge in [-0.1, -0.05) is 61.4 Å². The fourth-order valence-corrected chi connectivity index (χ4v) is 11.3. The highest BCUT2D eigenvalue weighted by Gasteiger charge is 2.42. The Bertz CT molecular complexity index is 1920. The summed E-state index contributed by atoms with van der Waals surface area (Å²) in [5.74, 6) is 2.68. The van der Waals surface area contributed by atoms with E-state index in [1.807, 2.05) is 11.8 Å². The number of urea groups is 1. The van der Waals surface area contributed by atoms with Gasteiger partial charge in [-0.2, -0.15) is 11.8 Å². The van der Waals surface area contributed by atoms with Crippen LogP contribution in [0, 0.1) is 5.92 Å². The molecule has 0 radical (unpaired) electrons. The maximum absolute atomic E-state index is 12.5. The molecule has 3 amide bonds. The van der Waals surface area contributed by atoms with Crippen molar-refractivity contribution in [2.75, 3.05) is 177 Å². The third-order valence-electron chi connectivity index (χ3n) is 14.4. The number of piperidine rings is 1. The molecule has 4 aliphatic rings. The fraction of sp³-hybridized carbons (Fsp3) is 0.746. The van der Waals surface area contributed by atoms with Gasteiger partial charge in [0.25, 0.3) is 0 Å². The summed E-state index contributed by atoms with van der Waals surface area (Å²) >= 11 is 1.93. The normalized spacial score (nSPS) is 19.8. The Morgan fingerprint density at radius 1 is 0.570 bits per heavy atom. The number of hydrogen-bond acceptors (Lipinski definition) is 17. The van der Waals surface area contributed by atoms with E-state index in [2.05, 4.69) is 75.1 Å². The molecule has 1 aliphatic carbocycles. The van der Waals surface area contributed by atoms with Crippen LogP contribution in [0.3, 0.4) is 0 Å². The third kappa shape index (κ3) is 29.0. The summed E-state index contributed by atoms with van der Waals surface area (Å²) in [7, 11) is 0. The van der Waals surface area contributed by atoms with E-state index in [9.17, 15) is 14.4 Å². The minimum absolute atomic E-state index is 0.0205. The summed E-state index contributed by atoms with van der Waals surface area (Å²) in [5, 5.41) is 16.7. The lowest BCUT2D eigenvalue weighted by Crippen LogP contribution is -2.36. The molecule has 0 unspecified atom stereocenters. The maximum Gasteiger partial charge on any atom is 0.315 e. The van der Waals surface area contributed by atoms with Gasteiger partial charge in [0.15, 0.2) is 0 Å². The van der Waals surface area contributed by atoms with Crippen molar-refractivity contribution in [1.82, 2.24) is 26.6 Å². The predicted octanol–water partition coefficient (Wildman–Crippen LogP) is 5.11. The van der Waals surface area contributed by atoms with Crippen molar-refractivity contribution in [3.8, 4) is 11.1 Å². The molecule has 446 valence electrons. The molecule has 5 atom stereocenters. The number of thioether (sulfide) groups is 1. The number of benzene rings is 2. The molecule has 3 saturated heterocycles. The number of Topliss-reactive ketones (excluding diaryl/α,β-unsaturated/α-hetero) is 1. The zero-order valence-corrected chi connectivity index (χ0v) is 47.9. The zero-order chi connectivity index (χ0) is 55.1. The number of rotatable bonds is 50. The Morgan fingerprint density at radius 3 is 1.68 bits per heavy atom. The van der Waals surface area contributed by atoms with Crippen LogP contribution in [-0.4, -0.2) is 218 Å². The number of unbranched alkanes of at least 4 members (excludes halogenated alkanes) is 2. The molecule has 2 aromatic rings. The minimum atomic E-state index is -0.0433. The van der Waals surface area contributed by atoms with Crippen LogP contribution in [0.2, 0.25) is 0 Å². The molecule has 0 aromatic heterocycles. The number of ether oxygens (including phenoxy) is 11. The highest BCUT2D eigenvalue weighted by molar-refractivity contribution is 8.00. The first-order valence-corrected chi connectivity index (χ1v) is 30.5. The van der Waals surface area contributed by atoms with Gasteiger partial charge >= 0.3 is 6.03 Å². The van der Waals surface area contributed by atoms with Crippen molar-refractivity contribution in [1.29, 1.82) is 0 Å². The quantitative estimate of drug-likeness (QED) is 0.0431. The van der Waals surface area contributed by atoms with Crippen LogP contribution in [0.25, 0.3) is 11.1 Å². The number of nitrogens with one attached hydrogen (secondary N) is 5. The molecule has 0 spiro atoms. The Hall–Kier alpha value is -3.32. The van der Waals surface area contributed by atoms with Crippen LogP contribution in [0.1, 0.15) is 81.3 Å². The maximum atomic E-state index is 12.5. The van der Waals surface area contributed by atoms with Gasteiger partial charge in [0.1, 0.15) is 5.78 Å². The van der Waals surface area contributed by atoms with Gasteiger partial charge in [-0.15, -0.1) is 0 Å². The van der Waals surface area contributed by atoms with E-state index in [-0.39, 0.29) is 29.8 Å². The number of aryl methyl sites for hydroxylation is 1. The number of hydrogen-bond donors (Lipinski definition) is 5. The number of fused-ring (bicyclic) bond motifs is 1. The van der Waals surface area contributed by atoms with Gasteiger partial charge in [-0.25, -0.2) is 4.79 Å². The number of amides is 3. The Labute approximate surface area is 474 Å². The smallest absolute Gasteiger partial charge is 0.315 e. The third-order valence-corrected chi connectivity index (χ3v) is 15.9. The van der Waals surface area contributed by atoms with Crippen LogP contribution in [-0.2, 0) is 68.1 Å². The molecular formula is C59H95N5O14S. The van der Waals surface area contributed by atoms with E-state index in [1.54, 1.807) is 0 Å². The molecule has 20 heteroatoms. The molecule has 3 heterocycles. The monoisotopic (exact) mass is 1130 g/mol. The standard InChI is InChI=1S/C59H95N5O14S/c65-52(7-2-1-3-8-56-58-55(46-79-56)63-59(67)64-58)17-21-68-23-25-70-27-29-72-31-33-74-35-37-76-39-41-78-42-40-77-38-36-75-34-32-73-30-28-71-26-24-69-22-20-61-57(66)14-9-47-5-4-6-51(43-47)49-10-12-50(13-11-49)53-44-54(53)62-45-48-15-18-60-19-16-48/h4-6,10-13,43,48,53-56,58,60,62H,1-3,7-9,14-42,44-46H2,(H,61,66)(H2,63,64,67)/t53-,54+,55-,56-,58-/m0/s1. The van der Waals surface area contributed by atoms with Crippen molar-refractivity contribution >= 4 is 29.5 Å². The van der Waals surface area contributed by atoms with E-state index in [0.29, 0.717) is 195 Å². The minimum Gasteiger partial charge on any atom is -0.379 e. The summed E-state index contributed by atoms with van der Waals surface area (Å²) in [6.07, 6.45) is 10.0. The lowest BCUT2D eigenvalue weighted by Gasteiger charge is -2.22. The molecule has 1 saturated carbocycles. The summed E-state index contributed by atoms with van der Waals surface area (Å²) in [6, 6.07) is 18.6. The highest BCUT2D eigenvalue weighted by atomic mass is 32.2. The SMILES string of the molecule is O=C(CCCCC[C@@H]1SC[C@@H]2NC(=O)N[C@@H]21)CCOCCOCCOCCOCCOCCOCCOCCOCCOCCOCCOCCNC(=O)CCc1cccc(-c2ccc([C@@H]3C[C@H]3NCC3CCNCC3)cc2)c1. The second kappa shape index (κ2) is 41.6. The molecule has 4 fully saturated rings.